The highest BCUT2D eigenvalue weighted by Gasteiger charge is 2.19. The molecule has 0 bridgehead atoms. The van der Waals surface area contributed by atoms with E-state index in [-0.39, 0.29) is 31.1 Å². The summed E-state index contributed by atoms with van der Waals surface area (Å²) < 4.78 is 16.7. The van der Waals surface area contributed by atoms with Gasteiger partial charge in [0.25, 0.3) is 0 Å². The number of carbonyl (C=O) groups is 3. The highest BCUT2D eigenvalue weighted by Crippen LogP contribution is 2.15. The average molecular weight is 785 g/mol. The first-order chi connectivity index (χ1) is 27.5. The second-order valence-electron chi connectivity index (χ2n) is 15.7. The van der Waals surface area contributed by atoms with Crippen LogP contribution in [0.3, 0.4) is 0 Å². The SMILES string of the molecule is CC\C=C/C=C\C=C/CCCCCCCC(=O)OC(COC(=O)CCC/C=C\CCCCCC)COC(=O)CCCCCCCCCCCCCCCCCC. The molecule has 0 heterocycles. The van der Waals surface area contributed by atoms with Crippen molar-refractivity contribution < 1.29 is 28.6 Å². The number of ether oxygens (including phenoxy) is 3. The molecule has 0 amide bonds. The minimum Gasteiger partial charge on any atom is -0.462 e. The summed E-state index contributed by atoms with van der Waals surface area (Å²) in [5.74, 6) is -0.944. The minimum atomic E-state index is -0.789. The van der Waals surface area contributed by atoms with Gasteiger partial charge in [0.15, 0.2) is 6.10 Å². The second kappa shape index (κ2) is 45.1. The van der Waals surface area contributed by atoms with Gasteiger partial charge < -0.3 is 14.2 Å². The normalized spacial score (nSPS) is 12.4. The standard InChI is InChI=1S/C50H88O6/c1-4-7-10-13-16-19-21-23-24-25-27-28-31-34-37-40-43-49(52)55-46-47(45-54-48(51)42-39-36-33-30-18-15-12-9-6-3)56-50(53)44-41-38-35-32-29-26-22-20-17-14-11-8-5-2/h8,11,14,17,20,22,30,33,47H,4-7,9-10,12-13,15-16,18-19,21,23-29,31-32,34-46H2,1-3H3/b11-8-,17-14-,22-20-,33-30-. The third-order valence-corrected chi connectivity index (χ3v) is 10.1. The Balaban J connectivity index is 4.36. The molecular weight excluding hydrogens is 697 g/mol. The van der Waals surface area contributed by atoms with E-state index >= 15 is 0 Å². The smallest absolute Gasteiger partial charge is 0.306 e. The predicted molar refractivity (Wildman–Crippen MR) is 238 cm³/mol. The van der Waals surface area contributed by atoms with Crippen LogP contribution in [0.5, 0.6) is 0 Å². The van der Waals surface area contributed by atoms with E-state index < -0.39 is 6.10 Å². The van der Waals surface area contributed by atoms with Crippen molar-refractivity contribution in [1.29, 1.82) is 0 Å². The maximum Gasteiger partial charge on any atom is 0.306 e. The van der Waals surface area contributed by atoms with Crippen molar-refractivity contribution in [2.24, 2.45) is 0 Å². The van der Waals surface area contributed by atoms with Gasteiger partial charge in [-0.1, -0.05) is 204 Å². The second-order valence-corrected chi connectivity index (χ2v) is 15.7. The molecule has 0 aromatic rings. The summed E-state index contributed by atoms with van der Waals surface area (Å²) in [4.78, 5) is 37.7. The first-order valence-corrected chi connectivity index (χ1v) is 23.7. The van der Waals surface area contributed by atoms with Crippen LogP contribution in [-0.4, -0.2) is 37.2 Å². The van der Waals surface area contributed by atoms with E-state index in [0.29, 0.717) is 25.7 Å². The molecule has 0 aromatic carbocycles. The molecule has 0 fully saturated rings. The number of carbonyl (C=O) groups excluding carboxylic acids is 3. The van der Waals surface area contributed by atoms with Crippen molar-refractivity contribution in [3.05, 3.63) is 48.6 Å². The Kier molecular flexibility index (Phi) is 43.0. The van der Waals surface area contributed by atoms with Crippen LogP contribution in [0.25, 0.3) is 0 Å². The fraction of sp³-hybridized carbons (Fsp3) is 0.780. The van der Waals surface area contributed by atoms with E-state index in [2.05, 4.69) is 69.4 Å². The van der Waals surface area contributed by atoms with Gasteiger partial charge in [0, 0.05) is 19.3 Å². The molecule has 0 aliphatic heterocycles. The first-order valence-electron chi connectivity index (χ1n) is 23.7. The number of esters is 3. The Morgan fingerprint density at radius 2 is 0.732 bits per heavy atom. The van der Waals surface area contributed by atoms with Gasteiger partial charge in [0.05, 0.1) is 0 Å². The van der Waals surface area contributed by atoms with E-state index in [9.17, 15) is 14.4 Å². The minimum absolute atomic E-state index is 0.0882. The highest BCUT2D eigenvalue weighted by molar-refractivity contribution is 5.71. The number of hydrogen-bond acceptors (Lipinski definition) is 6. The molecule has 0 saturated carbocycles. The lowest BCUT2D eigenvalue weighted by Crippen LogP contribution is -2.30. The van der Waals surface area contributed by atoms with Crippen LogP contribution in [0.1, 0.15) is 233 Å². The quantitative estimate of drug-likeness (QED) is 0.0202. The Hall–Kier alpha value is -2.63. The van der Waals surface area contributed by atoms with Crippen molar-refractivity contribution in [2.75, 3.05) is 13.2 Å². The van der Waals surface area contributed by atoms with Crippen LogP contribution >= 0.6 is 0 Å². The van der Waals surface area contributed by atoms with Crippen LogP contribution in [0.4, 0.5) is 0 Å². The number of allylic oxidation sites excluding steroid dienone is 8. The molecule has 0 rings (SSSR count). The van der Waals surface area contributed by atoms with Gasteiger partial charge in [0.1, 0.15) is 13.2 Å². The summed E-state index contributed by atoms with van der Waals surface area (Å²) >= 11 is 0. The van der Waals surface area contributed by atoms with E-state index in [1.165, 1.54) is 109 Å². The molecule has 0 aliphatic carbocycles. The third-order valence-electron chi connectivity index (χ3n) is 10.1. The molecule has 6 heteroatoms. The van der Waals surface area contributed by atoms with Crippen LogP contribution in [0.15, 0.2) is 48.6 Å². The zero-order chi connectivity index (χ0) is 40.8. The van der Waals surface area contributed by atoms with E-state index in [1.807, 2.05) is 0 Å². The fourth-order valence-electron chi connectivity index (χ4n) is 6.56. The van der Waals surface area contributed by atoms with Crippen LogP contribution < -0.4 is 0 Å². The molecule has 0 saturated heterocycles. The van der Waals surface area contributed by atoms with Crippen LogP contribution in [0, 0.1) is 0 Å². The van der Waals surface area contributed by atoms with Crippen molar-refractivity contribution >= 4 is 17.9 Å². The Morgan fingerprint density at radius 1 is 0.375 bits per heavy atom. The molecule has 0 aliphatic rings. The largest absolute Gasteiger partial charge is 0.462 e. The maximum absolute atomic E-state index is 12.7. The summed E-state index contributed by atoms with van der Waals surface area (Å²) in [5, 5.41) is 0. The van der Waals surface area contributed by atoms with E-state index in [4.69, 9.17) is 14.2 Å². The topological polar surface area (TPSA) is 78.9 Å². The molecule has 1 unspecified atom stereocenters. The summed E-state index contributed by atoms with van der Waals surface area (Å²) in [6.07, 6.45) is 52.5. The number of unbranched alkanes of at least 4 members (excludes halogenated alkanes) is 25. The molecule has 0 radical (unpaired) electrons. The highest BCUT2D eigenvalue weighted by atomic mass is 16.6. The van der Waals surface area contributed by atoms with Gasteiger partial charge in [-0.2, -0.15) is 0 Å². The monoisotopic (exact) mass is 785 g/mol. The van der Waals surface area contributed by atoms with Crippen molar-refractivity contribution in [3.8, 4) is 0 Å². The van der Waals surface area contributed by atoms with Gasteiger partial charge in [0.2, 0.25) is 0 Å². The lowest BCUT2D eigenvalue weighted by Gasteiger charge is -2.18. The molecule has 6 nitrogen and oxygen atoms in total. The maximum atomic E-state index is 12.7. The van der Waals surface area contributed by atoms with Gasteiger partial charge in [-0.15, -0.1) is 0 Å². The molecular formula is C50H88O6. The third kappa shape index (κ3) is 42.5. The van der Waals surface area contributed by atoms with Crippen molar-refractivity contribution in [1.82, 2.24) is 0 Å². The molecule has 0 N–H and O–H groups in total. The molecule has 0 aromatic heterocycles. The molecule has 0 spiro atoms. The Morgan fingerprint density at radius 3 is 1.21 bits per heavy atom. The Bertz CT molecular complexity index is 996. The fourth-order valence-corrected chi connectivity index (χ4v) is 6.56. The molecule has 56 heavy (non-hydrogen) atoms. The van der Waals surface area contributed by atoms with Crippen LogP contribution in [-0.2, 0) is 28.6 Å². The van der Waals surface area contributed by atoms with E-state index in [1.54, 1.807) is 0 Å². The predicted octanol–water partition coefficient (Wildman–Crippen LogP) is 15.1. The van der Waals surface area contributed by atoms with Gasteiger partial charge in [-0.05, 0) is 57.8 Å². The van der Waals surface area contributed by atoms with E-state index in [0.717, 1.165) is 77.0 Å². The molecule has 324 valence electrons. The Labute approximate surface area is 346 Å². The van der Waals surface area contributed by atoms with Crippen molar-refractivity contribution in [2.45, 2.75) is 239 Å². The number of hydrogen-bond donors (Lipinski definition) is 0. The van der Waals surface area contributed by atoms with Gasteiger partial charge in [-0.3, -0.25) is 14.4 Å². The van der Waals surface area contributed by atoms with Gasteiger partial charge >= 0.3 is 17.9 Å². The zero-order valence-electron chi connectivity index (χ0n) is 36.9. The zero-order valence-corrected chi connectivity index (χ0v) is 36.9. The lowest BCUT2D eigenvalue weighted by atomic mass is 10.0. The summed E-state index contributed by atoms with van der Waals surface area (Å²) in [6.45, 7) is 6.43. The summed E-state index contributed by atoms with van der Waals surface area (Å²) in [7, 11) is 0. The van der Waals surface area contributed by atoms with Crippen molar-refractivity contribution in [3.63, 3.8) is 0 Å². The first kappa shape index (κ1) is 53.4. The number of rotatable bonds is 42. The van der Waals surface area contributed by atoms with Gasteiger partial charge in [-0.25, -0.2) is 0 Å². The summed E-state index contributed by atoms with van der Waals surface area (Å²) in [6, 6.07) is 0. The summed E-state index contributed by atoms with van der Waals surface area (Å²) in [5.41, 5.74) is 0. The average Bonchev–Trinajstić information content (AvgIpc) is 3.19. The molecule has 1 atom stereocenters. The lowest BCUT2D eigenvalue weighted by molar-refractivity contribution is -0.167. The van der Waals surface area contributed by atoms with Crippen LogP contribution in [0.2, 0.25) is 0 Å².